The summed E-state index contributed by atoms with van der Waals surface area (Å²) >= 11 is 0. The predicted molar refractivity (Wildman–Crippen MR) is 147 cm³/mol. The molecule has 0 unspecified atom stereocenters. The van der Waals surface area contributed by atoms with Crippen LogP contribution in [0.5, 0.6) is 5.75 Å². The zero-order valence-electron chi connectivity index (χ0n) is 21.8. The number of nitrogens with one attached hydrogen (secondary N) is 2. The Morgan fingerprint density at radius 1 is 1.00 bits per heavy atom. The van der Waals surface area contributed by atoms with Gasteiger partial charge in [-0.05, 0) is 78.6 Å². The molecule has 2 N–H and O–H groups in total. The number of ether oxygens (including phenoxy) is 1. The number of fused-ring (bicyclic) bond motifs is 2. The van der Waals surface area contributed by atoms with Crippen LogP contribution >= 0.6 is 0 Å². The number of carbonyl (C=O) groups is 2. The monoisotopic (exact) mass is 497 g/mol. The lowest BCUT2D eigenvalue weighted by Crippen LogP contribution is -2.42. The minimum Gasteiger partial charge on any atom is -0.480 e. The number of rotatable bonds is 5. The van der Waals surface area contributed by atoms with Gasteiger partial charge in [0.15, 0.2) is 6.10 Å². The van der Waals surface area contributed by atoms with E-state index in [1.165, 1.54) is 16.7 Å². The Labute approximate surface area is 219 Å². The highest BCUT2D eigenvalue weighted by Gasteiger charge is 2.36. The average Bonchev–Trinajstić information content (AvgIpc) is 3.04. The molecule has 2 aliphatic rings. The summed E-state index contributed by atoms with van der Waals surface area (Å²) in [5, 5.41) is 5.83. The SMILES string of the molecule is CC[C@H]1Oc2ccc(NC(=O)Nc3ccc(C(C)C)cc3)cc2CN([C@H]2CCCc3ccccc32)C1=O. The number of carbonyl (C=O) groups excluding carboxylic acids is 2. The van der Waals surface area contributed by atoms with Gasteiger partial charge in [0.25, 0.3) is 5.91 Å². The van der Waals surface area contributed by atoms with Crippen LogP contribution in [0.3, 0.4) is 0 Å². The fraction of sp³-hybridized carbons (Fsp3) is 0.355. The van der Waals surface area contributed by atoms with Crippen LogP contribution in [0.4, 0.5) is 16.2 Å². The molecule has 0 saturated carbocycles. The summed E-state index contributed by atoms with van der Waals surface area (Å²) in [7, 11) is 0. The Hall–Kier alpha value is -3.80. The van der Waals surface area contributed by atoms with Gasteiger partial charge in [0.2, 0.25) is 0 Å². The fourth-order valence-electron chi connectivity index (χ4n) is 5.36. The molecule has 5 rings (SSSR count). The maximum Gasteiger partial charge on any atom is 0.323 e. The number of aryl methyl sites for hydroxylation is 1. The first-order valence-electron chi connectivity index (χ1n) is 13.3. The van der Waals surface area contributed by atoms with Crippen molar-refractivity contribution in [3.8, 4) is 5.75 Å². The summed E-state index contributed by atoms with van der Waals surface area (Å²) in [6.07, 6.45) is 3.11. The first kappa shape index (κ1) is 24.9. The average molecular weight is 498 g/mol. The van der Waals surface area contributed by atoms with Crippen molar-refractivity contribution in [2.24, 2.45) is 0 Å². The van der Waals surface area contributed by atoms with Gasteiger partial charge < -0.3 is 20.3 Å². The van der Waals surface area contributed by atoms with E-state index in [0.717, 1.165) is 30.5 Å². The molecule has 3 amide bonds. The summed E-state index contributed by atoms with van der Waals surface area (Å²) in [5.74, 6) is 1.16. The highest BCUT2D eigenvalue weighted by atomic mass is 16.5. The number of hydrogen-bond donors (Lipinski definition) is 2. The van der Waals surface area contributed by atoms with Gasteiger partial charge in [-0.2, -0.15) is 0 Å². The van der Waals surface area contributed by atoms with Gasteiger partial charge in [0.1, 0.15) is 5.75 Å². The second-order valence-corrected chi connectivity index (χ2v) is 10.3. The molecule has 0 radical (unpaired) electrons. The van der Waals surface area contributed by atoms with E-state index in [4.69, 9.17) is 4.74 Å². The quantitative estimate of drug-likeness (QED) is 0.397. The van der Waals surface area contributed by atoms with Crippen molar-refractivity contribution in [1.82, 2.24) is 4.90 Å². The standard InChI is InChI=1S/C31H35N3O3/c1-4-28-30(35)34(27-11-7-9-22-8-5-6-10-26(22)27)19-23-18-25(16-17-29(23)37-28)33-31(36)32-24-14-12-21(13-15-24)20(2)3/h5-6,8,10,12-18,20,27-28H,4,7,9,11,19H2,1-3H3,(H2,32,33,36)/t27-,28+/m0/s1. The van der Waals surface area contributed by atoms with E-state index in [0.29, 0.717) is 30.3 Å². The van der Waals surface area contributed by atoms with E-state index >= 15 is 0 Å². The fourth-order valence-corrected chi connectivity index (χ4v) is 5.36. The van der Waals surface area contributed by atoms with E-state index in [1.807, 2.05) is 54.3 Å². The van der Waals surface area contributed by atoms with Crippen LogP contribution in [0.25, 0.3) is 0 Å². The van der Waals surface area contributed by atoms with Crippen molar-refractivity contribution in [3.63, 3.8) is 0 Å². The van der Waals surface area contributed by atoms with Gasteiger partial charge in [-0.1, -0.05) is 57.2 Å². The maximum absolute atomic E-state index is 13.6. The predicted octanol–water partition coefficient (Wildman–Crippen LogP) is 7.03. The van der Waals surface area contributed by atoms with E-state index in [2.05, 4.69) is 48.7 Å². The number of hydrogen-bond acceptors (Lipinski definition) is 3. The van der Waals surface area contributed by atoms with Crippen LogP contribution in [-0.4, -0.2) is 22.9 Å². The van der Waals surface area contributed by atoms with Gasteiger partial charge >= 0.3 is 6.03 Å². The molecule has 6 nitrogen and oxygen atoms in total. The molecule has 0 bridgehead atoms. The Kier molecular flexibility index (Phi) is 7.17. The zero-order valence-corrected chi connectivity index (χ0v) is 21.8. The Morgan fingerprint density at radius 3 is 2.49 bits per heavy atom. The zero-order chi connectivity index (χ0) is 25.9. The summed E-state index contributed by atoms with van der Waals surface area (Å²) in [6, 6.07) is 21.6. The number of urea groups is 1. The van der Waals surface area contributed by atoms with Crippen molar-refractivity contribution in [1.29, 1.82) is 0 Å². The molecule has 0 saturated heterocycles. The number of anilines is 2. The van der Waals surface area contributed by atoms with E-state index < -0.39 is 6.10 Å². The van der Waals surface area contributed by atoms with Gasteiger partial charge in [0, 0.05) is 16.9 Å². The summed E-state index contributed by atoms with van der Waals surface area (Å²) in [4.78, 5) is 28.3. The molecular formula is C31H35N3O3. The minimum absolute atomic E-state index is 0.0229. The first-order chi connectivity index (χ1) is 17.9. The molecule has 1 heterocycles. The third kappa shape index (κ3) is 5.33. The summed E-state index contributed by atoms with van der Waals surface area (Å²) in [6.45, 7) is 6.70. The Bertz CT molecular complexity index is 1290. The van der Waals surface area contributed by atoms with Gasteiger partial charge in [0.05, 0.1) is 12.6 Å². The summed E-state index contributed by atoms with van der Waals surface area (Å²) in [5.41, 5.74) is 6.06. The molecule has 0 fully saturated rings. The number of amides is 3. The lowest BCUT2D eigenvalue weighted by molar-refractivity contribution is -0.141. The second kappa shape index (κ2) is 10.7. The Morgan fingerprint density at radius 2 is 1.73 bits per heavy atom. The third-order valence-corrected chi connectivity index (χ3v) is 7.41. The summed E-state index contributed by atoms with van der Waals surface area (Å²) < 4.78 is 6.19. The number of nitrogens with zero attached hydrogens (tertiary/aromatic N) is 1. The second-order valence-electron chi connectivity index (χ2n) is 10.3. The molecule has 2 atom stereocenters. The van der Waals surface area contributed by atoms with Crippen LogP contribution in [-0.2, 0) is 17.8 Å². The van der Waals surface area contributed by atoms with Crippen molar-refractivity contribution in [2.45, 2.75) is 71.1 Å². The van der Waals surface area contributed by atoms with Crippen LogP contribution in [0.1, 0.15) is 74.2 Å². The molecule has 0 aromatic heterocycles. The molecular weight excluding hydrogens is 462 g/mol. The highest BCUT2D eigenvalue weighted by molar-refractivity contribution is 5.99. The van der Waals surface area contributed by atoms with E-state index in [9.17, 15) is 9.59 Å². The van der Waals surface area contributed by atoms with Crippen LogP contribution in [0, 0.1) is 0 Å². The Balaban J connectivity index is 1.37. The molecule has 0 spiro atoms. The lowest BCUT2D eigenvalue weighted by atomic mass is 9.86. The van der Waals surface area contributed by atoms with Crippen LogP contribution < -0.4 is 15.4 Å². The van der Waals surface area contributed by atoms with Crippen LogP contribution in [0.15, 0.2) is 66.7 Å². The molecule has 1 aliphatic heterocycles. The van der Waals surface area contributed by atoms with Crippen molar-refractivity contribution < 1.29 is 14.3 Å². The molecule has 3 aromatic carbocycles. The van der Waals surface area contributed by atoms with Crippen molar-refractivity contribution >= 4 is 23.3 Å². The normalized spacial score (nSPS) is 18.9. The van der Waals surface area contributed by atoms with E-state index in [-0.39, 0.29) is 18.0 Å². The third-order valence-electron chi connectivity index (χ3n) is 7.41. The van der Waals surface area contributed by atoms with Gasteiger partial charge in [-0.15, -0.1) is 0 Å². The lowest BCUT2D eigenvalue weighted by Gasteiger charge is -2.36. The van der Waals surface area contributed by atoms with Gasteiger partial charge in [-0.3, -0.25) is 4.79 Å². The molecule has 192 valence electrons. The maximum atomic E-state index is 13.6. The smallest absolute Gasteiger partial charge is 0.323 e. The number of benzene rings is 3. The van der Waals surface area contributed by atoms with E-state index in [1.54, 1.807) is 0 Å². The molecule has 1 aliphatic carbocycles. The minimum atomic E-state index is -0.522. The van der Waals surface area contributed by atoms with Crippen LogP contribution in [0.2, 0.25) is 0 Å². The van der Waals surface area contributed by atoms with Crippen molar-refractivity contribution in [3.05, 3.63) is 89.0 Å². The van der Waals surface area contributed by atoms with Gasteiger partial charge in [-0.25, -0.2) is 4.79 Å². The van der Waals surface area contributed by atoms with Crippen molar-refractivity contribution in [2.75, 3.05) is 10.6 Å². The molecule has 6 heteroatoms. The molecule has 37 heavy (non-hydrogen) atoms. The largest absolute Gasteiger partial charge is 0.480 e. The topological polar surface area (TPSA) is 70.7 Å². The first-order valence-corrected chi connectivity index (χ1v) is 13.3. The molecule has 3 aromatic rings. The highest BCUT2D eigenvalue weighted by Crippen LogP contribution is 2.39.